The van der Waals surface area contributed by atoms with Crippen molar-refractivity contribution in [3.63, 3.8) is 0 Å². The zero-order valence-corrected chi connectivity index (χ0v) is 11.1. The van der Waals surface area contributed by atoms with E-state index < -0.39 is 17.5 Å². The van der Waals surface area contributed by atoms with E-state index in [0.717, 1.165) is 12.1 Å². The van der Waals surface area contributed by atoms with E-state index in [9.17, 15) is 13.2 Å². The van der Waals surface area contributed by atoms with Gasteiger partial charge in [0.1, 0.15) is 5.82 Å². The fraction of sp³-hybridized carbons (Fsp3) is 0. The van der Waals surface area contributed by atoms with Crippen molar-refractivity contribution in [3.8, 4) is 11.4 Å². The molecule has 0 amide bonds. The van der Waals surface area contributed by atoms with Gasteiger partial charge in [0.2, 0.25) is 0 Å². The van der Waals surface area contributed by atoms with Crippen LogP contribution in [0, 0.1) is 17.5 Å². The Hall–Kier alpha value is -2.34. The Morgan fingerprint density at radius 2 is 1.62 bits per heavy atom. The highest BCUT2D eigenvalue weighted by atomic mass is 35.5. The summed E-state index contributed by atoms with van der Waals surface area (Å²) in [5, 5.41) is 0.985. The topological polar surface area (TPSA) is 51.8 Å². The Labute approximate surface area is 122 Å². The molecular formula is C14H7ClF3N3. The predicted octanol–water partition coefficient (Wildman–Crippen LogP) is 3.95. The number of nitrogen functional groups attached to an aromatic ring is 1. The molecule has 1 heterocycles. The molecule has 0 aliphatic heterocycles. The summed E-state index contributed by atoms with van der Waals surface area (Å²) in [4.78, 5) is 8.13. The minimum absolute atomic E-state index is 0.000113. The van der Waals surface area contributed by atoms with Crippen molar-refractivity contribution in [3.05, 3.63) is 52.8 Å². The van der Waals surface area contributed by atoms with Gasteiger partial charge in [0, 0.05) is 16.0 Å². The Morgan fingerprint density at radius 3 is 2.29 bits per heavy atom. The van der Waals surface area contributed by atoms with Gasteiger partial charge >= 0.3 is 0 Å². The molecule has 21 heavy (non-hydrogen) atoms. The summed E-state index contributed by atoms with van der Waals surface area (Å²) in [5.74, 6) is -4.06. The first-order chi connectivity index (χ1) is 9.95. The van der Waals surface area contributed by atoms with E-state index in [1.54, 1.807) is 18.2 Å². The van der Waals surface area contributed by atoms with Crippen LogP contribution in [-0.2, 0) is 0 Å². The smallest absolute Gasteiger partial charge is 0.194 e. The van der Waals surface area contributed by atoms with Crippen LogP contribution >= 0.6 is 11.6 Å². The van der Waals surface area contributed by atoms with Crippen molar-refractivity contribution in [1.29, 1.82) is 0 Å². The van der Waals surface area contributed by atoms with Gasteiger partial charge in [-0.05, 0) is 30.3 Å². The molecule has 7 heteroatoms. The van der Waals surface area contributed by atoms with Crippen molar-refractivity contribution in [2.24, 2.45) is 0 Å². The van der Waals surface area contributed by atoms with Crippen LogP contribution in [-0.4, -0.2) is 9.97 Å². The molecule has 0 bridgehead atoms. The van der Waals surface area contributed by atoms with Gasteiger partial charge in [-0.2, -0.15) is 0 Å². The van der Waals surface area contributed by atoms with Crippen molar-refractivity contribution < 1.29 is 13.2 Å². The van der Waals surface area contributed by atoms with E-state index in [0.29, 0.717) is 15.9 Å². The van der Waals surface area contributed by atoms with Gasteiger partial charge in [-0.15, -0.1) is 0 Å². The van der Waals surface area contributed by atoms with Crippen molar-refractivity contribution in [1.82, 2.24) is 9.97 Å². The van der Waals surface area contributed by atoms with Crippen molar-refractivity contribution in [2.75, 3.05) is 5.73 Å². The second-order valence-corrected chi connectivity index (χ2v) is 4.78. The van der Waals surface area contributed by atoms with Crippen LogP contribution in [0.25, 0.3) is 22.3 Å². The predicted molar refractivity (Wildman–Crippen MR) is 74.3 cm³/mol. The van der Waals surface area contributed by atoms with Crippen LogP contribution in [0.15, 0.2) is 30.3 Å². The summed E-state index contributed by atoms with van der Waals surface area (Å²) < 4.78 is 39.5. The summed E-state index contributed by atoms with van der Waals surface area (Å²) in [6.45, 7) is 0. The minimum Gasteiger partial charge on any atom is -0.383 e. The Morgan fingerprint density at radius 1 is 0.952 bits per heavy atom. The summed E-state index contributed by atoms with van der Waals surface area (Å²) in [5.41, 5.74) is 6.26. The van der Waals surface area contributed by atoms with Crippen LogP contribution in [0.2, 0.25) is 5.02 Å². The summed E-state index contributed by atoms with van der Waals surface area (Å²) >= 11 is 5.85. The zero-order valence-electron chi connectivity index (χ0n) is 10.4. The average Bonchev–Trinajstić information content (AvgIpc) is 2.44. The SMILES string of the molecule is Nc1nc(-c2cc(F)c(F)c(F)c2)nc2ccc(Cl)cc12. The maximum atomic E-state index is 13.3. The third-order valence-corrected chi connectivity index (χ3v) is 3.16. The maximum absolute atomic E-state index is 13.3. The Balaban J connectivity index is 2.24. The Kier molecular flexibility index (Phi) is 3.17. The van der Waals surface area contributed by atoms with Crippen LogP contribution in [0.5, 0.6) is 0 Å². The largest absolute Gasteiger partial charge is 0.383 e. The number of hydrogen-bond donors (Lipinski definition) is 1. The first-order valence-electron chi connectivity index (χ1n) is 5.83. The van der Waals surface area contributed by atoms with Gasteiger partial charge in [0.25, 0.3) is 0 Å². The normalized spacial score (nSPS) is 11.0. The zero-order chi connectivity index (χ0) is 15.1. The number of nitrogens with two attached hydrogens (primary N) is 1. The lowest BCUT2D eigenvalue weighted by molar-refractivity contribution is 0.447. The quantitative estimate of drug-likeness (QED) is 0.692. The van der Waals surface area contributed by atoms with Crippen molar-refractivity contribution in [2.45, 2.75) is 0 Å². The molecule has 3 aromatic rings. The standard InChI is InChI=1S/C14H7ClF3N3/c15-7-1-2-11-8(5-7)13(19)21-14(20-11)6-3-9(16)12(18)10(17)4-6/h1-5H,(H2,19,20,21). The summed E-state index contributed by atoms with van der Waals surface area (Å²) in [6.07, 6.45) is 0. The molecule has 2 aromatic carbocycles. The van der Waals surface area contributed by atoms with Gasteiger partial charge in [0.15, 0.2) is 23.3 Å². The molecular weight excluding hydrogens is 303 g/mol. The van der Waals surface area contributed by atoms with Gasteiger partial charge in [-0.25, -0.2) is 23.1 Å². The highest BCUT2D eigenvalue weighted by molar-refractivity contribution is 6.31. The number of nitrogens with zero attached hydrogens (tertiary/aromatic N) is 2. The fourth-order valence-corrected chi connectivity index (χ4v) is 2.11. The van der Waals surface area contributed by atoms with Gasteiger partial charge < -0.3 is 5.73 Å². The maximum Gasteiger partial charge on any atom is 0.194 e. The van der Waals surface area contributed by atoms with E-state index in [1.165, 1.54) is 0 Å². The van der Waals surface area contributed by atoms with E-state index in [-0.39, 0.29) is 17.2 Å². The van der Waals surface area contributed by atoms with Crippen LogP contribution in [0.3, 0.4) is 0 Å². The molecule has 0 saturated carbocycles. The molecule has 0 unspecified atom stereocenters. The minimum atomic E-state index is -1.54. The molecule has 3 rings (SSSR count). The van der Waals surface area contributed by atoms with Crippen LogP contribution in [0.1, 0.15) is 0 Å². The van der Waals surface area contributed by atoms with Crippen molar-refractivity contribution >= 4 is 28.3 Å². The monoisotopic (exact) mass is 309 g/mol. The van der Waals surface area contributed by atoms with E-state index in [4.69, 9.17) is 17.3 Å². The summed E-state index contributed by atoms with van der Waals surface area (Å²) in [6, 6.07) is 6.42. The number of halogens is 4. The molecule has 0 aliphatic carbocycles. The lowest BCUT2D eigenvalue weighted by atomic mass is 10.1. The first kappa shape index (κ1) is 13.6. The number of benzene rings is 2. The lowest BCUT2D eigenvalue weighted by Crippen LogP contribution is -1.99. The average molecular weight is 310 g/mol. The third-order valence-electron chi connectivity index (χ3n) is 2.93. The molecule has 3 nitrogen and oxygen atoms in total. The third kappa shape index (κ3) is 2.38. The number of hydrogen-bond acceptors (Lipinski definition) is 3. The second kappa shape index (κ2) is 4.89. The lowest BCUT2D eigenvalue weighted by Gasteiger charge is -2.07. The van der Waals surface area contributed by atoms with Gasteiger partial charge in [0.05, 0.1) is 5.52 Å². The fourth-order valence-electron chi connectivity index (χ4n) is 1.94. The first-order valence-corrected chi connectivity index (χ1v) is 6.21. The molecule has 0 spiro atoms. The number of aromatic nitrogens is 2. The number of fused-ring (bicyclic) bond motifs is 1. The van der Waals surface area contributed by atoms with Gasteiger partial charge in [-0.3, -0.25) is 0 Å². The molecule has 1 aromatic heterocycles. The van der Waals surface area contributed by atoms with Crippen LogP contribution in [0.4, 0.5) is 19.0 Å². The number of anilines is 1. The molecule has 0 aliphatic rings. The van der Waals surface area contributed by atoms with Crippen LogP contribution < -0.4 is 5.73 Å². The van der Waals surface area contributed by atoms with Gasteiger partial charge in [-0.1, -0.05) is 11.6 Å². The highest BCUT2D eigenvalue weighted by Crippen LogP contribution is 2.27. The molecule has 0 atom stereocenters. The molecule has 0 fully saturated rings. The van der Waals surface area contributed by atoms with E-state index in [1.807, 2.05) is 0 Å². The number of rotatable bonds is 1. The second-order valence-electron chi connectivity index (χ2n) is 4.35. The molecule has 0 radical (unpaired) electrons. The summed E-state index contributed by atoms with van der Waals surface area (Å²) in [7, 11) is 0. The molecule has 0 saturated heterocycles. The van der Waals surface area contributed by atoms with E-state index in [2.05, 4.69) is 9.97 Å². The Bertz CT molecular complexity index is 844. The molecule has 106 valence electrons. The van der Waals surface area contributed by atoms with E-state index >= 15 is 0 Å². The highest BCUT2D eigenvalue weighted by Gasteiger charge is 2.14. The molecule has 2 N–H and O–H groups in total.